The summed E-state index contributed by atoms with van der Waals surface area (Å²) in [5.41, 5.74) is 10.1. The number of hydrogen-bond acceptors (Lipinski definition) is 5. The number of nitrogens with one attached hydrogen (secondary N) is 1. The highest BCUT2D eigenvalue weighted by Crippen LogP contribution is 2.29. The molecule has 0 radical (unpaired) electrons. The lowest BCUT2D eigenvalue weighted by atomic mass is 9.84. The molecular formula is C15H27N5. The Labute approximate surface area is 121 Å². The maximum absolute atomic E-state index is 5.86. The molecule has 0 saturated carbocycles. The Morgan fingerprint density at radius 1 is 1.45 bits per heavy atom. The fraction of sp³-hybridized carbons (Fsp3) is 0.667. The number of nitrogen functional groups attached to an aromatic ring is 1. The van der Waals surface area contributed by atoms with Crippen molar-refractivity contribution in [1.29, 1.82) is 0 Å². The van der Waals surface area contributed by atoms with Crippen molar-refractivity contribution in [3.63, 3.8) is 0 Å². The van der Waals surface area contributed by atoms with Gasteiger partial charge in [0, 0.05) is 17.8 Å². The van der Waals surface area contributed by atoms with Crippen LogP contribution < -0.4 is 17.0 Å². The van der Waals surface area contributed by atoms with Gasteiger partial charge >= 0.3 is 0 Å². The van der Waals surface area contributed by atoms with Crippen molar-refractivity contribution < 1.29 is 0 Å². The first-order chi connectivity index (χ1) is 9.60. The van der Waals surface area contributed by atoms with Crippen molar-refractivity contribution in [2.45, 2.75) is 51.1 Å². The van der Waals surface area contributed by atoms with E-state index in [0.717, 1.165) is 12.8 Å². The van der Waals surface area contributed by atoms with Crippen LogP contribution in [0.3, 0.4) is 0 Å². The van der Waals surface area contributed by atoms with Gasteiger partial charge in [-0.15, -0.1) is 0 Å². The van der Waals surface area contributed by atoms with Crippen LogP contribution in [0.1, 0.15) is 38.7 Å². The molecule has 2 unspecified atom stereocenters. The van der Waals surface area contributed by atoms with Crippen molar-refractivity contribution in [1.82, 2.24) is 15.3 Å². The van der Waals surface area contributed by atoms with E-state index in [-0.39, 0.29) is 11.6 Å². The average Bonchev–Trinajstić information content (AvgIpc) is 2.98. The monoisotopic (exact) mass is 277 g/mol. The first-order valence-corrected chi connectivity index (χ1v) is 7.51. The van der Waals surface area contributed by atoms with Gasteiger partial charge in [-0.2, -0.15) is 0 Å². The number of hydrazine groups is 1. The lowest BCUT2D eigenvalue weighted by Gasteiger charge is -2.44. The maximum Gasteiger partial charge on any atom is 0.123 e. The molecule has 1 aromatic rings. The number of pyridine rings is 1. The SMILES string of the molecule is CCC(C)(C(Cc1ccnc(N)c1)NN)N1CCCC1. The van der Waals surface area contributed by atoms with Gasteiger partial charge in [-0.25, -0.2) is 4.98 Å². The van der Waals surface area contributed by atoms with Gasteiger partial charge in [0.2, 0.25) is 0 Å². The van der Waals surface area contributed by atoms with E-state index in [0.29, 0.717) is 5.82 Å². The van der Waals surface area contributed by atoms with Crippen LogP contribution in [0.25, 0.3) is 0 Å². The molecule has 5 nitrogen and oxygen atoms in total. The summed E-state index contributed by atoms with van der Waals surface area (Å²) in [6.45, 7) is 6.89. The van der Waals surface area contributed by atoms with E-state index in [1.165, 1.54) is 31.5 Å². The molecule has 2 atom stereocenters. The Balaban J connectivity index is 2.16. The van der Waals surface area contributed by atoms with Gasteiger partial charge in [-0.05, 0) is 63.4 Å². The van der Waals surface area contributed by atoms with Crippen molar-refractivity contribution in [2.24, 2.45) is 5.84 Å². The van der Waals surface area contributed by atoms with Crippen LogP contribution in [0.4, 0.5) is 5.82 Å². The third-order valence-electron chi connectivity index (χ3n) is 4.78. The van der Waals surface area contributed by atoms with Crippen LogP contribution in [0.15, 0.2) is 18.3 Å². The third-order valence-corrected chi connectivity index (χ3v) is 4.78. The second-order valence-corrected chi connectivity index (χ2v) is 5.92. The van der Waals surface area contributed by atoms with Crippen LogP contribution in [0.5, 0.6) is 0 Å². The summed E-state index contributed by atoms with van der Waals surface area (Å²) >= 11 is 0. The summed E-state index contributed by atoms with van der Waals surface area (Å²) < 4.78 is 0. The summed E-state index contributed by atoms with van der Waals surface area (Å²) in [5, 5.41) is 0. The highest BCUT2D eigenvalue weighted by atomic mass is 15.3. The molecule has 0 amide bonds. The fourth-order valence-corrected chi connectivity index (χ4v) is 3.23. The van der Waals surface area contributed by atoms with Crippen LogP contribution in [-0.4, -0.2) is 34.6 Å². The number of likely N-dealkylation sites (tertiary alicyclic amines) is 1. The predicted molar refractivity (Wildman–Crippen MR) is 83.0 cm³/mol. The molecule has 5 heteroatoms. The highest BCUT2D eigenvalue weighted by Gasteiger charge is 2.38. The number of nitrogens with zero attached hydrogens (tertiary/aromatic N) is 2. The van der Waals surface area contributed by atoms with Crippen molar-refractivity contribution >= 4 is 5.82 Å². The van der Waals surface area contributed by atoms with Gasteiger partial charge in [0.15, 0.2) is 0 Å². The molecule has 0 bridgehead atoms. The van der Waals surface area contributed by atoms with E-state index in [4.69, 9.17) is 11.6 Å². The van der Waals surface area contributed by atoms with Gasteiger partial charge in [0.25, 0.3) is 0 Å². The fourth-order valence-electron chi connectivity index (χ4n) is 3.23. The molecule has 0 aliphatic carbocycles. The molecule has 112 valence electrons. The zero-order valence-electron chi connectivity index (χ0n) is 12.6. The Bertz CT molecular complexity index is 430. The molecule has 1 saturated heterocycles. The maximum atomic E-state index is 5.86. The minimum atomic E-state index is 0.0727. The standard InChI is InChI=1S/C15H27N5/c1-3-15(2,20-8-4-5-9-20)13(19-17)10-12-6-7-18-14(16)11-12/h6-7,11,13,19H,3-5,8-10,17H2,1-2H3,(H2,16,18). The molecule has 2 heterocycles. The van der Waals surface area contributed by atoms with E-state index >= 15 is 0 Å². The van der Waals surface area contributed by atoms with E-state index in [1.54, 1.807) is 6.20 Å². The molecule has 20 heavy (non-hydrogen) atoms. The predicted octanol–water partition coefficient (Wildman–Crippen LogP) is 1.30. The molecule has 2 rings (SSSR count). The Hall–Kier alpha value is -1.17. The summed E-state index contributed by atoms with van der Waals surface area (Å²) in [6.07, 6.45) is 6.27. The normalized spacial score (nSPS) is 20.8. The summed E-state index contributed by atoms with van der Waals surface area (Å²) in [7, 11) is 0. The smallest absolute Gasteiger partial charge is 0.123 e. The van der Waals surface area contributed by atoms with Crippen LogP contribution in [-0.2, 0) is 6.42 Å². The van der Waals surface area contributed by atoms with Crippen molar-refractivity contribution in [3.8, 4) is 0 Å². The first-order valence-electron chi connectivity index (χ1n) is 7.51. The van der Waals surface area contributed by atoms with Gasteiger partial charge in [0.1, 0.15) is 5.82 Å². The second-order valence-electron chi connectivity index (χ2n) is 5.92. The average molecular weight is 277 g/mol. The number of rotatable bonds is 6. The van der Waals surface area contributed by atoms with E-state index in [9.17, 15) is 0 Å². The summed E-state index contributed by atoms with van der Waals surface area (Å²) in [5.74, 6) is 6.43. The van der Waals surface area contributed by atoms with Gasteiger partial charge in [0.05, 0.1) is 0 Å². The summed E-state index contributed by atoms with van der Waals surface area (Å²) in [6, 6.07) is 4.15. The molecule has 1 fully saturated rings. The van der Waals surface area contributed by atoms with E-state index in [2.05, 4.69) is 29.2 Å². The molecule has 1 aliphatic rings. The van der Waals surface area contributed by atoms with Crippen LogP contribution in [0, 0.1) is 0 Å². The number of nitrogens with two attached hydrogens (primary N) is 2. The number of aromatic nitrogens is 1. The largest absolute Gasteiger partial charge is 0.384 e. The number of anilines is 1. The molecule has 0 spiro atoms. The molecule has 0 aromatic carbocycles. The molecule has 5 N–H and O–H groups in total. The Kier molecular flexibility index (Phi) is 4.96. The lowest BCUT2D eigenvalue weighted by Crippen LogP contribution is -2.61. The van der Waals surface area contributed by atoms with Crippen molar-refractivity contribution in [3.05, 3.63) is 23.9 Å². The van der Waals surface area contributed by atoms with Gasteiger partial charge in [-0.3, -0.25) is 16.2 Å². The minimum Gasteiger partial charge on any atom is -0.384 e. The zero-order valence-corrected chi connectivity index (χ0v) is 12.6. The second kappa shape index (κ2) is 6.52. The molecule has 1 aromatic heterocycles. The van der Waals surface area contributed by atoms with Crippen molar-refractivity contribution in [2.75, 3.05) is 18.8 Å². The lowest BCUT2D eigenvalue weighted by molar-refractivity contribution is 0.0841. The zero-order chi connectivity index (χ0) is 14.6. The Morgan fingerprint density at radius 2 is 2.15 bits per heavy atom. The quantitative estimate of drug-likeness (QED) is 0.539. The minimum absolute atomic E-state index is 0.0727. The number of hydrogen-bond donors (Lipinski definition) is 3. The van der Waals surface area contributed by atoms with E-state index in [1.807, 2.05) is 12.1 Å². The van der Waals surface area contributed by atoms with Crippen LogP contribution >= 0.6 is 0 Å². The van der Waals surface area contributed by atoms with Gasteiger partial charge < -0.3 is 5.73 Å². The summed E-state index contributed by atoms with van der Waals surface area (Å²) in [4.78, 5) is 6.62. The highest BCUT2D eigenvalue weighted by molar-refractivity contribution is 5.32. The first kappa shape index (κ1) is 15.2. The third kappa shape index (κ3) is 3.11. The Morgan fingerprint density at radius 3 is 2.70 bits per heavy atom. The topological polar surface area (TPSA) is 80.2 Å². The van der Waals surface area contributed by atoms with Crippen LogP contribution in [0.2, 0.25) is 0 Å². The van der Waals surface area contributed by atoms with E-state index < -0.39 is 0 Å². The molecular weight excluding hydrogens is 250 g/mol. The van der Waals surface area contributed by atoms with Gasteiger partial charge in [-0.1, -0.05) is 6.92 Å². The molecule has 1 aliphatic heterocycles.